The third kappa shape index (κ3) is 3.35. The molecule has 3 aliphatic rings. The number of nitrogens with zero attached hydrogens (tertiary/aromatic N) is 3. The minimum Gasteiger partial charge on any atom is -0.370 e. The van der Waals surface area contributed by atoms with Crippen molar-refractivity contribution in [2.75, 3.05) is 38.1 Å². The summed E-state index contributed by atoms with van der Waals surface area (Å²) in [5.41, 5.74) is 2.61. The van der Waals surface area contributed by atoms with Gasteiger partial charge in [0.15, 0.2) is 0 Å². The van der Waals surface area contributed by atoms with Crippen LogP contribution in [0.4, 0.5) is 5.69 Å². The van der Waals surface area contributed by atoms with E-state index in [1.807, 2.05) is 18.3 Å². The third-order valence-corrected chi connectivity index (χ3v) is 7.53. The number of carbonyl (C=O) groups excluding carboxylic acids is 1. The summed E-state index contributed by atoms with van der Waals surface area (Å²) in [7, 11) is 1.64. The summed E-state index contributed by atoms with van der Waals surface area (Å²) in [6, 6.07) is 4.58. The molecule has 0 spiro atoms. The molecule has 1 amide bonds. The Kier molecular flexibility index (Phi) is 4.69. The van der Waals surface area contributed by atoms with E-state index in [-0.39, 0.29) is 5.91 Å². The topological polar surface area (TPSA) is 48.5 Å². The van der Waals surface area contributed by atoms with Gasteiger partial charge in [0.1, 0.15) is 5.69 Å². The number of hydrogen-bond donors (Lipinski definition) is 1. The van der Waals surface area contributed by atoms with Crippen LogP contribution in [0.3, 0.4) is 0 Å². The minimum atomic E-state index is -0.128. The number of rotatable bonds is 3. The number of piperidine rings is 2. The lowest BCUT2D eigenvalue weighted by Gasteiger charge is -2.46. The van der Waals surface area contributed by atoms with Crippen molar-refractivity contribution >= 4 is 11.6 Å². The van der Waals surface area contributed by atoms with Gasteiger partial charge in [-0.1, -0.05) is 20.8 Å². The lowest BCUT2D eigenvalue weighted by atomic mass is 9.73. The Labute approximate surface area is 163 Å². The number of amides is 1. The van der Waals surface area contributed by atoms with E-state index in [2.05, 4.69) is 40.9 Å². The Balaban J connectivity index is 1.35. The summed E-state index contributed by atoms with van der Waals surface area (Å²) in [6.45, 7) is 12.1. The average Bonchev–Trinajstić information content (AvgIpc) is 3.43. The monoisotopic (exact) mass is 370 g/mol. The Bertz CT molecular complexity index is 687. The second kappa shape index (κ2) is 6.77. The SMILES string of the molecule is CNC(=O)c1ccc(N2CCC(N3CCC4CC4(C(C)(C)C)C3)CC2)cn1. The summed E-state index contributed by atoms with van der Waals surface area (Å²) < 4.78 is 0. The smallest absolute Gasteiger partial charge is 0.269 e. The molecule has 1 aromatic heterocycles. The first-order valence-electron chi connectivity index (χ1n) is 10.5. The zero-order valence-corrected chi connectivity index (χ0v) is 17.3. The van der Waals surface area contributed by atoms with Crippen molar-refractivity contribution in [2.45, 2.75) is 52.5 Å². The first-order chi connectivity index (χ1) is 12.8. The molecule has 0 bridgehead atoms. The summed E-state index contributed by atoms with van der Waals surface area (Å²) in [6.07, 6.45) is 7.12. The van der Waals surface area contributed by atoms with Gasteiger partial charge in [0, 0.05) is 32.7 Å². The van der Waals surface area contributed by atoms with Gasteiger partial charge in [-0.25, -0.2) is 4.98 Å². The second-order valence-corrected chi connectivity index (χ2v) is 9.77. The van der Waals surface area contributed by atoms with Crippen LogP contribution < -0.4 is 10.2 Å². The molecule has 0 radical (unpaired) electrons. The van der Waals surface area contributed by atoms with Crippen molar-refractivity contribution < 1.29 is 4.79 Å². The number of nitrogens with one attached hydrogen (secondary N) is 1. The van der Waals surface area contributed by atoms with E-state index in [0.29, 0.717) is 16.5 Å². The van der Waals surface area contributed by atoms with Crippen LogP contribution in [0.5, 0.6) is 0 Å². The van der Waals surface area contributed by atoms with Crippen LogP contribution in [0.25, 0.3) is 0 Å². The standard InChI is InChI=1S/C22H34N4O/c1-21(2,3)22-13-16(22)7-10-26(15-22)17-8-11-25(12-9-17)18-5-6-19(24-14-18)20(27)23-4/h5-6,14,16-17H,7-13,15H2,1-4H3,(H,23,27). The van der Waals surface area contributed by atoms with Gasteiger partial charge >= 0.3 is 0 Å². The molecule has 1 aliphatic carbocycles. The summed E-state index contributed by atoms with van der Waals surface area (Å²) >= 11 is 0. The van der Waals surface area contributed by atoms with Gasteiger partial charge in [0.2, 0.25) is 0 Å². The van der Waals surface area contributed by atoms with E-state index in [1.165, 1.54) is 38.8 Å². The maximum atomic E-state index is 11.7. The van der Waals surface area contributed by atoms with Crippen LogP contribution in [-0.2, 0) is 0 Å². The first kappa shape index (κ1) is 18.7. The predicted molar refractivity (Wildman–Crippen MR) is 109 cm³/mol. The number of carbonyl (C=O) groups is 1. The highest BCUT2D eigenvalue weighted by atomic mass is 16.1. The zero-order chi connectivity index (χ0) is 19.2. The summed E-state index contributed by atoms with van der Waals surface area (Å²) in [5.74, 6) is 0.843. The van der Waals surface area contributed by atoms with Crippen LogP contribution in [0, 0.1) is 16.7 Å². The number of aromatic nitrogens is 1. The molecule has 1 saturated carbocycles. The Hall–Kier alpha value is -1.62. The fraction of sp³-hybridized carbons (Fsp3) is 0.727. The lowest BCUT2D eigenvalue weighted by molar-refractivity contribution is 0.0449. The van der Waals surface area contributed by atoms with Gasteiger partial charge in [-0.2, -0.15) is 0 Å². The molecule has 1 aromatic rings. The fourth-order valence-corrected chi connectivity index (χ4v) is 5.51. The molecule has 3 fully saturated rings. The molecule has 27 heavy (non-hydrogen) atoms. The van der Waals surface area contributed by atoms with Crippen LogP contribution in [0.15, 0.2) is 18.3 Å². The molecular weight excluding hydrogens is 336 g/mol. The minimum absolute atomic E-state index is 0.128. The van der Waals surface area contributed by atoms with Gasteiger partial charge in [0.25, 0.3) is 5.91 Å². The van der Waals surface area contributed by atoms with Gasteiger partial charge < -0.3 is 10.2 Å². The predicted octanol–water partition coefficient (Wildman–Crippen LogP) is 3.17. The Morgan fingerprint density at radius 1 is 1.19 bits per heavy atom. The van der Waals surface area contributed by atoms with Crippen LogP contribution in [0.1, 0.15) is 56.9 Å². The maximum Gasteiger partial charge on any atom is 0.269 e. The van der Waals surface area contributed by atoms with Crippen molar-refractivity contribution in [1.29, 1.82) is 0 Å². The molecule has 2 unspecified atom stereocenters. The molecule has 0 aromatic carbocycles. The highest BCUT2D eigenvalue weighted by Gasteiger charge is 2.62. The third-order valence-electron chi connectivity index (χ3n) is 7.53. The van der Waals surface area contributed by atoms with Crippen LogP contribution >= 0.6 is 0 Å². The Morgan fingerprint density at radius 3 is 2.52 bits per heavy atom. The van der Waals surface area contributed by atoms with Gasteiger partial charge in [-0.3, -0.25) is 9.69 Å². The Morgan fingerprint density at radius 2 is 1.93 bits per heavy atom. The summed E-state index contributed by atoms with van der Waals surface area (Å²) in [5, 5.41) is 2.62. The molecule has 4 rings (SSSR count). The van der Waals surface area contributed by atoms with Gasteiger partial charge in [-0.15, -0.1) is 0 Å². The van der Waals surface area contributed by atoms with Gasteiger partial charge in [0.05, 0.1) is 11.9 Å². The fourth-order valence-electron chi connectivity index (χ4n) is 5.51. The molecular formula is C22H34N4O. The van der Waals surface area contributed by atoms with Crippen LogP contribution in [-0.4, -0.2) is 55.1 Å². The first-order valence-corrected chi connectivity index (χ1v) is 10.5. The molecule has 2 aliphatic heterocycles. The van der Waals surface area contributed by atoms with E-state index < -0.39 is 0 Å². The highest BCUT2D eigenvalue weighted by Crippen LogP contribution is 2.66. The normalized spacial score (nSPS) is 29.3. The number of pyridine rings is 1. The maximum absolute atomic E-state index is 11.7. The molecule has 2 atom stereocenters. The number of anilines is 1. The quantitative estimate of drug-likeness (QED) is 0.888. The largest absolute Gasteiger partial charge is 0.370 e. The van der Waals surface area contributed by atoms with E-state index in [9.17, 15) is 4.79 Å². The number of fused-ring (bicyclic) bond motifs is 1. The highest BCUT2D eigenvalue weighted by molar-refractivity contribution is 5.92. The van der Waals surface area contributed by atoms with Crippen molar-refractivity contribution in [3.8, 4) is 0 Å². The van der Waals surface area contributed by atoms with E-state index in [1.54, 1.807) is 7.05 Å². The van der Waals surface area contributed by atoms with Crippen molar-refractivity contribution in [3.05, 3.63) is 24.0 Å². The van der Waals surface area contributed by atoms with E-state index in [0.717, 1.165) is 30.7 Å². The lowest BCUT2D eigenvalue weighted by Crippen LogP contribution is -2.51. The second-order valence-electron chi connectivity index (χ2n) is 9.77. The van der Waals surface area contributed by atoms with E-state index >= 15 is 0 Å². The molecule has 1 N–H and O–H groups in total. The molecule has 5 nitrogen and oxygen atoms in total. The van der Waals surface area contributed by atoms with E-state index in [4.69, 9.17) is 0 Å². The van der Waals surface area contributed by atoms with Crippen LogP contribution in [0.2, 0.25) is 0 Å². The number of likely N-dealkylation sites (tertiary alicyclic amines) is 1. The summed E-state index contributed by atoms with van der Waals surface area (Å²) in [4.78, 5) is 21.2. The average molecular weight is 371 g/mol. The number of hydrogen-bond acceptors (Lipinski definition) is 4. The van der Waals surface area contributed by atoms with Crippen molar-refractivity contribution in [3.63, 3.8) is 0 Å². The molecule has 5 heteroatoms. The van der Waals surface area contributed by atoms with Crippen molar-refractivity contribution in [2.24, 2.45) is 16.7 Å². The van der Waals surface area contributed by atoms with Gasteiger partial charge in [-0.05, 0) is 61.1 Å². The zero-order valence-electron chi connectivity index (χ0n) is 17.3. The molecule has 3 heterocycles. The van der Waals surface area contributed by atoms with Crippen molar-refractivity contribution in [1.82, 2.24) is 15.2 Å². The molecule has 148 valence electrons. The molecule has 2 saturated heterocycles.